The van der Waals surface area contributed by atoms with Gasteiger partial charge in [-0.05, 0) is 31.5 Å². The Kier molecular flexibility index (Phi) is 4.55. The standard InChI is InChI=1S/C13H19NO4/c1-13(2,12(16)18-4)14-8-9-5-6-11(17-3)10(15)7-9/h5-7,14-15H,8H2,1-4H3. The number of esters is 1. The van der Waals surface area contributed by atoms with Crippen LogP contribution >= 0.6 is 0 Å². The van der Waals surface area contributed by atoms with E-state index in [-0.39, 0.29) is 11.7 Å². The second kappa shape index (κ2) is 5.73. The van der Waals surface area contributed by atoms with E-state index in [0.29, 0.717) is 12.3 Å². The van der Waals surface area contributed by atoms with Gasteiger partial charge in [0, 0.05) is 6.54 Å². The Labute approximate surface area is 107 Å². The molecule has 0 bridgehead atoms. The average Bonchev–Trinajstić information content (AvgIpc) is 2.35. The van der Waals surface area contributed by atoms with Gasteiger partial charge < -0.3 is 14.6 Å². The highest BCUT2D eigenvalue weighted by Crippen LogP contribution is 2.26. The number of carbonyl (C=O) groups excluding carboxylic acids is 1. The lowest BCUT2D eigenvalue weighted by atomic mass is 10.1. The largest absolute Gasteiger partial charge is 0.504 e. The molecule has 0 unspecified atom stereocenters. The average molecular weight is 253 g/mol. The molecule has 0 fully saturated rings. The molecule has 0 heterocycles. The number of carbonyl (C=O) groups is 1. The van der Waals surface area contributed by atoms with Crippen molar-refractivity contribution in [1.29, 1.82) is 0 Å². The summed E-state index contributed by atoms with van der Waals surface area (Å²) in [7, 11) is 2.85. The van der Waals surface area contributed by atoms with Crippen molar-refractivity contribution in [2.75, 3.05) is 14.2 Å². The fourth-order valence-electron chi connectivity index (χ4n) is 1.50. The first kappa shape index (κ1) is 14.3. The molecule has 1 rings (SSSR count). The van der Waals surface area contributed by atoms with E-state index in [4.69, 9.17) is 9.47 Å². The van der Waals surface area contributed by atoms with Gasteiger partial charge in [-0.2, -0.15) is 0 Å². The summed E-state index contributed by atoms with van der Waals surface area (Å²) in [5, 5.41) is 12.7. The van der Waals surface area contributed by atoms with Crippen LogP contribution in [-0.4, -0.2) is 30.8 Å². The van der Waals surface area contributed by atoms with Gasteiger partial charge in [0.2, 0.25) is 0 Å². The molecule has 0 amide bonds. The molecule has 0 atom stereocenters. The topological polar surface area (TPSA) is 67.8 Å². The predicted octanol–water partition coefficient (Wildman–Crippen LogP) is 1.44. The zero-order valence-electron chi connectivity index (χ0n) is 11.1. The van der Waals surface area contributed by atoms with E-state index >= 15 is 0 Å². The Hall–Kier alpha value is -1.75. The zero-order chi connectivity index (χ0) is 13.8. The molecule has 5 heteroatoms. The van der Waals surface area contributed by atoms with Crippen molar-refractivity contribution in [3.63, 3.8) is 0 Å². The number of ether oxygens (including phenoxy) is 2. The minimum Gasteiger partial charge on any atom is -0.504 e. The third-order valence-electron chi connectivity index (χ3n) is 2.67. The number of nitrogens with one attached hydrogen (secondary N) is 1. The summed E-state index contributed by atoms with van der Waals surface area (Å²) < 4.78 is 9.65. The highest BCUT2D eigenvalue weighted by atomic mass is 16.5. The van der Waals surface area contributed by atoms with Crippen LogP contribution in [0.1, 0.15) is 19.4 Å². The molecule has 0 saturated carbocycles. The molecule has 5 nitrogen and oxygen atoms in total. The number of hydrogen-bond acceptors (Lipinski definition) is 5. The molecule has 0 radical (unpaired) electrons. The number of hydrogen-bond donors (Lipinski definition) is 2. The lowest BCUT2D eigenvalue weighted by molar-refractivity contribution is -0.147. The SMILES string of the molecule is COC(=O)C(C)(C)NCc1ccc(OC)c(O)c1. The molecule has 0 aliphatic carbocycles. The van der Waals surface area contributed by atoms with Gasteiger partial charge in [0.1, 0.15) is 5.54 Å². The molecule has 1 aromatic rings. The van der Waals surface area contributed by atoms with Crippen LogP contribution in [0.15, 0.2) is 18.2 Å². The van der Waals surface area contributed by atoms with E-state index in [0.717, 1.165) is 5.56 Å². The van der Waals surface area contributed by atoms with Crippen molar-refractivity contribution in [3.05, 3.63) is 23.8 Å². The van der Waals surface area contributed by atoms with Gasteiger partial charge in [0.15, 0.2) is 11.5 Å². The smallest absolute Gasteiger partial charge is 0.325 e. The van der Waals surface area contributed by atoms with Gasteiger partial charge in [-0.3, -0.25) is 10.1 Å². The number of methoxy groups -OCH3 is 2. The molecule has 100 valence electrons. The number of benzene rings is 1. The van der Waals surface area contributed by atoms with E-state index in [9.17, 15) is 9.90 Å². The van der Waals surface area contributed by atoms with Crippen LogP contribution in [-0.2, 0) is 16.1 Å². The van der Waals surface area contributed by atoms with Crippen molar-refractivity contribution in [1.82, 2.24) is 5.32 Å². The second-order valence-electron chi connectivity index (χ2n) is 4.48. The number of phenols is 1. The van der Waals surface area contributed by atoms with Crippen molar-refractivity contribution in [2.45, 2.75) is 25.9 Å². The summed E-state index contributed by atoms with van der Waals surface area (Å²) in [6, 6.07) is 5.09. The fourth-order valence-corrected chi connectivity index (χ4v) is 1.50. The monoisotopic (exact) mass is 253 g/mol. The van der Waals surface area contributed by atoms with Crippen LogP contribution in [0, 0.1) is 0 Å². The number of aromatic hydroxyl groups is 1. The van der Waals surface area contributed by atoms with Crippen LogP contribution in [0.4, 0.5) is 0 Å². The molecule has 0 saturated heterocycles. The van der Waals surface area contributed by atoms with E-state index in [1.165, 1.54) is 14.2 Å². The molecular formula is C13H19NO4. The number of phenolic OH excluding ortho intramolecular Hbond substituents is 1. The zero-order valence-corrected chi connectivity index (χ0v) is 11.1. The maximum absolute atomic E-state index is 11.5. The van der Waals surface area contributed by atoms with Crippen LogP contribution in [0.25, 0.3) is 0 Å². The Morgan fingerprint density at radius 2 is 2.06 bits per heavy atom. The summed E-state index contributed by atoms with van der Waals surface area (Å²) >= 11 is 0. The normalized spacial score (nSPS) is 11.1. The minimum absolute atomic E-state index is 0.0766. The van der Waals surface area contributed by atoms with E-state index < -0.39 is 5.54 Å². The van der Waals surface area contributed by atoms with Crippen molar-refractivity contribution in [3.8, 4) is 11.5 Å². The van der Waals surface area contributed by atoms with Gasteiger partial charge in [-0.25, -0.2) is 0 Å². The third-order valence-corrected chi connectivity index (χ3v) is 2.67. The first-order valence-electron chi connectivity index (χ1n) is 5.60. The van der Waals surface area contributed by atoms with Crippen molar-refractivity contribution in [2.24, 2.45) is 0 Å². The molecule has 0 aromatic heterocycles. The highest BCUT2D eigenvalue weighted by Gasteiger charge is 2.27. The Balaban J connectivity index is 2.69. The molecule has 1 aromatic carbocycles. The van der Waals surface area contributed by atoms with Gasteiger partial charge in [0.25, 0.3) is 0 Å². The van der Waals surface area contributed by atoms with Gasteiger partial charge in [0.05, 0.1) is 14.2 Å². The molecule has 18 heavy (non-hydrogen) atoms. The Morgan fingerprint density at radius 1 is 1.39 bits per heavy atom. The van der Waals surface area contributed by atoms with Crippen LogP contribution in [0.3, 0.4) is 0 Å². The quantitative estimate of drug-likeness (QED) is 0.777. The fraction of sp³-hybridized carbons (Fsp3) is 0.462. The van der Waals surface area contributed by atoms with Crippen molar-refractivity contribution < 1.29 is 19.4 Å². The predicted molar refractivity (Wildman–Crippen MR) is 67.6 cm³/mol. The molecule has 0 spiro atoms. The summed E-state index contributed by atoms with van der Waals surface area (Å²) in [4.78, 5) is 11.5. The van der Waals surface area contributed by atoms with Gasteiger partial charge in [-0.15, -0.1) is 0 Å². The first-order valence-corrected chi connectivity index (χ1v) is 5.60. The van der Waals surface area contributed by atoms with Gasteiger partial charge >= 0.3 is 5.97 Å². The van der Waals surface area contributed by atoms with E-state index in [2.05, 4.69) is 5.32 Å². The lowest BCUT2D eigenvalue weighted by Crippen LogP contribution is -2.46. The summed E-state index contributed by atoms with van der Waals surface area (Å²) in [5.74, 6) is 0.166. The molecule has 0 aliphatic rings. The molecular weight excluding hydrogens is 234 g/mol. The summed E-state index contributed by atoms with van der Waals surface area (Å²) in [6.45, 7) is 3.92. The summed E-state index contributed by atoms with van der Waals surface area (Å²) in [6.07, 6.45) is 0. The van der Waals surface area contributed by atoms with Crippen molar-refractivity contribution >= 4 is 5.97 Å². The highest BCUT2D eigenvalue weighted by molar-refractivity contribution is 5.79. The third kappa shape index (κ3) is 3.37. The second-order valence-corrected chi connectivity index (χ2v) is 4.48. The minimum atomic E-state index is -0.774. The van der Waals surface area contributed by atoms with Crippen LogP contribution in [0.2, 0.25) is 0 Å². The number of rotatable bonds is 5. The maximum atomic E-state index is 11.5. The van der Waals surface area contributed by atoms with Crippen LogP contribution < -0.4 is 10.1 Å². The lowest BCUT2D eigenvalue weighted by Gasteiger charge is -2.23. The molecule has 2 N–H and O–H groups in total. The van der Waals surface area contributed by atoms with E-state index in [1.807, 2.05) is 6.07 Å². The first-order chi connectivity index (χ1) is 8.40. The maximum Gasteiger partial charge on any atom is 0.325 e. The Bertz CT molecular complexity index is 429. The van der Waals surface area contributed by atoms with Gasteiger partial charge in [-0.1, -0.05) is 6.07 Å². The Morgan fingerprint density at radius 3 is 2.56 bits per heavy atom. The summed E-state index contributed by atoms with van der Waals surface area (Å²) in [5.41, 5.74) is 0.0786. The van der Waals surface area contributed by atoms with Crippen LogP contribution in [0.5, 0.6) is 11.5 Å². The van der Waals surface area contributed by atoms with E-state index in [1.54, 1.807) is 26.0 Å². The molecule has 0 aliphatic heterocycles.